The van der Waals surface area contributed by atoms with E-state index >= 15 is 0 Å². The first-order chi connectivity index (χ1) is 14.4. The normalized spacial score (nSPS) is 15.0. The van der Waals surface area contributed by atoms with Crippen LogP contribution in [-0.2, 0) is 11.2 Å². The fraction of sp³-hybridized carbons (Fsp3) is 0.409. The van der Waals surface area contributed by atoms with Gasteiger partial charge in [0.2, 0.25) is 5.91 Å². The smallest absolute Gasteiger partial charge is 0.323 e. The number of amides is 1. The maximum Gasteiger partial charge on any atom is 0.323 e. The number of likely N-dealkylation sites (tertiary alicyclic amines) is 1. The Labute approximate surface area is 180 Å². The summed E-state index contributed by atoms with van der Waals surface area (Å²) in [6.45, 7) is 5.05. The lowest BCUT2D eigenvalue weighted by atomic mass is 10.1. The fourth-order valence-corrected chi connectivity index (χ4v) is 3.88. The molecule has 3 heterocycles. The first-order valence-electron chi connectivity index (χ1n) is 10.2. The lowest BCUT2D eigenvalue weighted by Gasteiger charge is -2.29. The van der Waals surface area contributed by atoms with Crippen molar-refractivity contribution in [2.24, 2.45) is 0 Å². The predicted octanol–water partition coefficient (Wildman–Crippen LogP) is 3.71. The molecule has 1 aliphatic heterocycles. The summed E-state index contributed by atoms with van der Waals surface area (Å²) in [7, 11) is 0. The summed E-state index contributed by atoms with van der Waals surface area (Å²) < 4.78 is 7.75. The van der Waals surface area contributed by atoms with Crippen LogP contribution in [0.25, 0.3) is 17.3 Å². The Hall–Kier alpha value is -2.64. The zero-order chi connectivity index (χ0) is 21.3. The molecule has 1 aromatic carbocycles. The molecule has 0 atom stereocenters. The number of nitrogens with zero attached hydrogens (tertiary/aromatic N) is 4. The molecule has 0 saturated carbocycles. The van der Waals surface area contributed by atoms with E-state index in [1.54, 1.807) is 4.68 Å². The third kappa shape index (κ3) is 4.42. The van der Waals surface area contributed by atoms with Crippen LogP contribution in [-0.4, -0.2) is 49.9 Å². The maximum absolute atomic E-state index is 12.7. The standard InChI is InChI=1S/C22H25ClN4O3/c1-14-13-15(2)27(25-14)22-24-21(16-3-5-17(23)6-4-16)19(30-22)7-8-20(29)26-11-9-18(28)10-12-26/h3-6,13,18,28H,7-12H2,1-2H3. The molecule has 1 amide bonds. The quantitative estimate of drug-likeness (QED) is 0.669. The first kappa shape index (κ1) is 20.6. The minimum Gasteiger partial charge on any atom is -0.426 e. The van der Waals surface area contributed by atoms with Gasteiger partial charge in [-0.2, -0.15) is 14.8 Å². The molecular formula is C22H25ClN4O3. The third-order valence-corrected chi connectivity index (χ3v) is 5.63. The van der Waals surface area contributed by atoms with Gasteiger partial charge in [-0.1, -0.05) is 23.7 Å². The number of carbonyl (C=O) groups is 1. The Balaban J connectivity index is 1.59. The van der Waals surface area contributed by atoms with E-state index in [0.717, 1.165) is 17.0 Å². The van der Waals surface area contributed by atoms with Crippen LogP contribution in [0.15, 0.2) is 34.7 Å². The average Bonchev–Trinajstić information content (AvgIpc) is 3.29. The lowest BCUT2D eigenvalue weighted by Crippen LogP contribution is -2.40. The molecule has 0 spiro atoms. The zero-order valence-electron chi connectivity index (χ0n) is 17.1. The van der Waals surface area contributed by atoms with Crippen molar-refractivity contribution in [2.75, 3.05) is 13.1 Å². The number of hydrogen-bond donors (Lipinski definition) is 1. The minimum atomic E-state index is -0.303. The minimum absolute atomic E-state index is 0.0630. The Morgan fingerprint density at radius 2 is 1.93 bits per heavy atom. The second-order valence-corrected chi connectivity index (χ2v) is 8.16. The summed E-state index contributed by atoms with van der Waals surface area (Å²) in [5.74, 6) is 0.707. The van der Waals surface area contributed by atoms with Gasteiger partial charge in [0.15, 0.2) is 0 Å². The highest BCUT2D eigenvalue weighted by Crippen LogP contribution is 2.28. The summed E-state index contributed by atoms with van der Waals surface area (Å²) in [5.41, 5.74) is 3.37. The van der Waals surface area contributed by atoms with Crippen LogP contribution in [0.4, 0.5) is 0 Å². The van der Waals surface area contributed by atoms with Gasteiger partial charge < -0.3 is 14.4 Å². The number of hydrogen-bond acceptors (Lipinski definition) is 5. The molecule has 7 nitrogen and oxygen atoms in total. The summed E-state index contributed by atoms with van der Waals surface area (Å²) in [6.07, 6.45) is 1.71. The molecule has 3 aromatic rings. The Bertz CT molecular complexity index is 1030. The van der Waals surface area contributed by atoms with Gasteiger partial charge in [-0.3, -0.25) is 4.79 Å². The van der Waals surface area contributed by atoms with Crippen molar-refractivity contribution in [3.8, 4) is 17.3 Å². The van der Waals surface area contributed by atoms with Crippen LogP contribution in [0, 0.1) is 13.8 Å². The van der Waals surface area contributed by atoms with E-state index in [1.807, 2.05) is 49.1 Å². The Morgan fingerprint density at radius 3 is 2.57 bits per heavy atom. The van der Waals surface area contributed by atoms with Gasteiger partial charge in [0.05, 0.1) is 11.8 Å². The first-order valence-corrected chi connectivity index (χ1v) is 10.5. The van der Waals surface area contributed by atoms with Crippen molar-refractivity contribution in [1.82, 2.24) is 19.7 Å². The highest BCUT2D eigenvalue weighted by atomic mass is 35.5. The van der Waals surface area contributed by atoms with Gasteiger partial charge in [0.25, 0.3) is 0 Å². The van der Waals surface area contributed by atoms with E-state index < -0.39 is 0 Å². The molecule has 1 saturated heterocycles. The van der Waals surface area contributed by atoms with Crippen molar-refractivity contribution < 1.29 is 14.3 Å². The summed E-state index contributed by atoms with van der Waals surface area (Å²) in [5, 5.41) is 14.8. The summed E-state index contributed by atoms with van der Waals surface area (Å²) in [4.78, 5) is 19.2. The SMILES string of the molecule is Cc1cc(C)n(-c2nc(-c3ccc(Cl)cc3)c(CCC(=O)N3CCC(O)CC3)o2)n1. The molecule has 1 fully saturated rings. The molecule has 1 N–H and O–H groups in total. The van der Waals surface area contributed by atoms with E-state index in [1.165, 1.54) is 0 Å². The number of piperidine rings is 1. The van der Waals surface area contributed by atoms with E-state index in [9.17, 15) is 9.90 Å². The number of oxazole rings is 1. The largest absolute Gasteiger partial charge is 0.426 e. The monoisotopic (exact) mass is 428 g/mol. The molecule has 0 bridgehead atoms. The van der Waals surface area contributed by atoms with E-state index in [0.29, 0.717) is 61.3 Å². The van der Waals surface area contributed by atoms with Crippen molar-refractivity contribution >= 4 is 17.5 Å². The number of rotatable bonds is 5. The van der Waals surface area contributed by atoms with Gasteiger partial charge in [-0.25, -0.2) is 0 Å². The van der Waals surface area contributed by atoms with Crippen LogP contribution < -0.4 is 0 Å². The molecule has 2 aromatic heterocycles. The molecule has 1 aliphatic rings. The second kappa shape index (κ2) is 8.62. The number of carbonyl (C=O) groups excluding carboxylic acids is 1. The molecule has 30 heavy (non-hydrogen) atoms. The number of benzene rings is 1. The van der Waals surface area contributed by atoms with Gasteiger partial charge >= 0.3 is 6.01 Å². The van der Waals surface area contributed by atoms with E-state index in [4.69, 9.17) is 16.0 Å². The van der Waals surface area contributed by atoms with Crippen LogP contribution >= 0.6 is 11.6 Å². The topological polar surface area (TPSA) is 84.4 Å². The number of halogens is 1. The van der Waals surface area contributed by atoms with Gasteiger partial charge in [0, 0.05) is 42.2 Å². The molecule has 0 unspecified atom stereocenters. The third-order valence-electron chi connectivity index (χ3n) is 5.38. The molecular weight excluding hydrogens is 404 g/mol. The van der Waals surface area contributed by atoms with E-state index in [-0.39, 0.29) is 12.0 Å². The Morgan fingerprint density at radius 1 is 1.23 bits per heavy atom. The van der Waals surface area contributed by atoms with Crippen molar-refractivity contribution in [3.05, 3.63) is 52.5 Å². The van der Waals surface area contributed by atoms with Crippen molar-refractivity contribution in [2.45, 2.75) is 45.6 Å². The van der Waals surface area contributed by atoms with Crippen molar-refractivity contribution in [1.29, 1.82) is 0 Å². The molecule has 0 aliphatic carbocycles. The molecule has 0 radical (unpaired) electrons. The highest BCUT2D eigenvalue weighted by Gasteiger charge is 2.23. The number of aliphatic hydroxyl groups excluding tert-OH is 1. The molecule has 158 valence electrons. The van der Waals surface area contributed by atoms with Gasteiger partial charge in [-0.05, 0) is 44.9 Å². The lowest BCUT2D eigenvalue weighted by molar-refractivity contribution is -0.133. The number of aryl methyl sites for hydroxylation is 3. The van der Waals surface area contributed by atoms with Crippen LogP contribution in [0.5, 0.6) is 0 Å². The van der Waals surface area contributed by atoms with Crippen LogP contribution in [0.1, 0.15) is 36.4 Å². The van der Waals surface area contributed by atoms with Crippen LogP contribution in [0.2, 0.25) is 5.02 Å². The zero-order valence-corrected chi connectivity index (χ0v) is 17.9. The average molecular weight is 429 g/mol. The number of aliphatic hydroxyl groups is 1. The maximum atomic E-state index is 12.7. The summed E-state index contributed by atoms with van der Waals surface area (Å²) >= 11 is 6.04. The van der Waals surface area contributed by atoms with Crippen LogP contribution in [0.3, 0.4) is 0 Å². The predicted molar refractivity (Wildman–Crippen MR) is 114 cm³/mol. The fourth-order valence-electron chi connectivity index (χ4n) is 3.75. The Kier molecular flexibility index (Phi) is 5.92. The van der Waals surface area contributed by atoms with E-state index in [2.05, 4.69) is 10.1 Å². The van der Waals surface area contributed by atoms with Gasteiger partial charge in [0.1, 0.15) is 11.5 Å². The molecule has 4 rings (SSSR count). The second-order valence-electron chi connectivity index (χ2n) is 7.73. The number of aromatic nitrogens is 3. The highest BCUT2D eigenvalue weighted by molar-refractivity contribution is 6.30. The molecule has 8 heteroatoms. The van der Waals surface area contributed by atoms with Gasteiger partial charge in [-0.15, -0.1) is 0 Å². The van der Waals surface area contributed by atoms with Crippen molar-refractivity contribution in [3.63, 3.8) is 0 Å². The summed E-state index contributed by atoms with van der Waals surface area (Å²) in [6, 6.07) is 9.74.